The third-order valence-corrected chi connectivity index (χ3v) is 5.71. The Balaban J connectivity index is 1.71. The number of nitrogens with zero attached hydrogens (tertiary/aromatic N) is 3. The Morgan fingerprint density at radius 3 is 2.30 bits per heavy atom. The van der Waals surface area contributed by atoms with Gasteiger partial charge >= 0.3 is 12.1 Å². The summed E-state index contributed by atoms with van der Waals surface area (Å²) in [6.45, 7) is 7.19. The largest absolute Gasteiger partial charge is 0.444 e. The van der Waals surface area contributed by atoms with Gasteiger partial charge in [0.05, 0.1) is 10.9 Å². The van der Waals surface area contributed by atoms with Crippen LogP contribution >= 0.6 is 0 Å². The quantitative estimate of drug-likeness (QED) is 0.764. The molecule has 2 heterocycles. The number of anilines is 1. The summed E-state index contributed by atoms with van der Waals surface area (Å²) in [5.74, 6) is 0. The van der Waals surface area contributed by atoms with E-state index in [1.165, 1.54) is 12.1 Å². The molecule has 27 heavy (non-hydrogen) atoms. The smallest absolute Gasteiger partial charge is 0.410 e. The lowest BCUT2D eigenvalue weighted by molar-refractivity contribution is 0.0128. The van der Waals surface area contributed by atoms with Crippen molar-refractivity contribution in [3.05, 3.63) is 24.3 Å². The van der Waals surface area contributed by atoms with E-state index in [-0.39, 0.29) is 23.1 Å². The van der Waals surface area contributed by atoms with Gasteiger partial charge in [0.1, 0.15) is 5.60 Å². The first-order valence-corrected chi connectivity index (χ1v) is 10.7. The second-order valence-electron chi connectivity index (χ2n) is 7.93. The summed E-state index contributed by atoms with van der Waals surface area (Å²) in [7, 11) is -3.28. The number of hydrogen-bond donors (Lipinski definition) is 0. The van der Waals surface area contributed by atoms with Gasteiger partial charge in [-0.25, -0.2) is 18.0 Å². The molecule has 148 valence electrons. The molecule has 0 aromatic heterocycles. The normalized spacial score (nSPS) is 20.7. The van der Waals surface area contributed by atoms with Gasteiger partial charge in [-0.15, -0.1) is 0 Å². The zero-order valence-corrected chi connectivity index (χ0v) is 16.8. The molecule has 0 radical (unpaired) electrons. The molecular formula is C18H25N3O5S. The van der Waals surface area contributed by atoms with Gasteiger partial charge in [0.2, 0.25) is 0 Å². The summed E-state index contributed by atoms with van der Waals surface area (Å²) in [6, 6.07) is 6.03. The van der Waals surface area contributed by atoms with Crippen molar-refractivity contribution in [2.45, 2.75) is 37.3 Å². The molecule has 2 fully saturated rings. The lowest BCUT2D eigenvalue weighted by atomic mass is 10.2. The van der Waals surface area contributed by atoms with Crippen molar-refractivity contribution in [3.63, 3.8) is 0 Å². The van der Waals surface area contributed by atoms with Crippen LogP contribution in [0, 0.1) is 0 Å². The summed E-state index contributed by atoms with van der Waals surface area (Å²) in [6.07, 6.45) is 0.777. The van der Waals surface area contributed by atoms with Crippen LogP contribution in [0.25, 0.3) is 0 Å². The highest BCUT2D eigenvalue weighted by Crippen LogP contribution is 2.27. The summed E-state index contributed by atoms with van der Waals surface area (Å²) in [5, 5.41) is 0. The van der Waals surface area contributed by atoms with Crippen LogP contribution in [-0.2, 0) is 14.6 Å². The summed E-state index contributed by atoms with van der Waals surface area (Å²) in [5.41, 5.74) is 0.0817. The molecule has 3 amide bonds. The number of carbonyl (C=O) groups excluding carboxylic acids is 2. The molecule has 9 heteroatoms. The van der Waals surface area contributed by atoms with Crippen molar-refractivity contribution >= 4 is 27.6 Å². The van der Waals surface area contributed by atoms with Crippen molar-refractivity contribution in [1.82, 2.24) is 9.80 Å². The van der Waals surface area contributed by atoms with Crippen molar-refractivity contribution in [2.75, 3.05) is 37.3 Å². The number of ether oxygens (including phenoxy) is 1. The fraction of sp³-hybridized carbons (Fsp3) is 0.556. The van der Waals surface area contributed by atoms with Gasteiger partial charge in [-0.1, -0.05) is 0 Å². The van der Waals surface area contributed by atoms with Crippen molar-refractivity contribution < 1.29 is 22.7 Å². The van der Waals surface area contributed by atoms with Crippen LogP contribution < -0.4 is 4.90 Å². The maximum absolute atomic E-state index is 12.7. The predicted molar refractivity (Wildman–Crippen MR) is 101 cm³/mol. The van der Waals surface area contributed by atoms with Crippen LogP contribution in [0.3, 0.4) is 0 Å². The first-order chi connectivity index (χ1) is 12.5. The highest BCUT2D eigenvalue weighted by atomic mass is 32.2. The van der Waals surface area contributed by atoms with E-state index < -0.39 is 15.4 Å². The van der Waals surface area contributed by atoms with E-state index in [4.69, 9.17) is 4.74 Å². The van der Waals surface area contributed by atoms with E-state index in [2.05, 4.69) is 0 Å². The minimum Gasteiger partial charge on any atom is -0.444 e. The Morgan fingerprint density at radius 2 is 1.74 bits per heavy atom. The number of hydrogen-bond acceptors (Lipinski definition) is 5. The van der Waals surface area contributed by atoms with E-state index in [0.717, 1.165) is 6.26 Å². The van der Waals surface area contributed by atoms with Crippen molar-refractivity contribution in [1.29, 1.82) is 0 Å². The van der Waals surface area contributed by atoms with Crippen molar-refractivity contribution in [3.8, 4) is 0 Å². The molecule has 3 rings (SSSR count). The van der Waals surface area contributed by atoms with Gasteiger partial charge in [-0.05, 0) is 45.0 Å². The summed E-state index contributed by atoms with van der Waals surface area (Å²) in [4.78, 5) is 30.2. The molecule has 1 atom stereocenters. The number of urea groups is 1. The van der Waals surface area contributed by atoms with Gasteiger partial charge in [0.15, 0.2) is 9.84 Å². The maximum Gasteiger partial charge on any atom is 0.410 e. The predicted octanol–water partition coefficient (Wildman–Crippen LogP) is 1.95. The number of piperazine rings is 1. The number of sulfone groups is 1. The van der Waals surface area contributed by atoms with E-state index in [0.29, 0.717) is 31.9 Å². The average Bonchev–Trinajstić information content (AvgIpc) is 2.89. The number of fused-ring (bicyclic) bond motifs is 1. The Kier molecular flexibility index (Phi) is 4.83. The fourth-order valence-electron chi connectivity index (χ4n) is 3.29. The molecule has 2 aliphatic heterocycles. The van der Waals surface area contributed by atoms with Gasteiger partial charge in [-0.3, -0.25) is 4.90 Å². The molecule has 8 nitrogen and oxygen atoms in total. The second kappa shape index (κ2) is 6.70. The van der Waals surface area contributed by atoms with Gasteiger partial charge in [0, 0.05) is 38.1 Å². The van der Waals surface area contributed by atoms with Crippen LogP contribution in [-0.4, -0.2) is 74.4 Å². The number of amides is 3. The molecule has 1 aromatic rings. The van der Waals surface area contributed by atoms with Gasteiger partial charge in [0.25, 0.3) is 0 Å². The molecule has 2 aliphatic rings. The number of rotatable bonds is 2. The lowest BCUT2D eigenvalue weighted by Crippen LogP contribution is -2.54. The maximum atomic E-state index is 12.7. The zero-order valence-electron chi connectivity index (χ0n) is 16.0. The van der Waals surface area contributed by atoms with Crippen LogP contribution in [0.2, 0.25) is 0 Å². The average molecular weight is 395 g/mol. The van der Waals surface area contributed by atoms with Crippen LogP contribution in [0.4, 0.5) is 15.3 Å². The standard InChI is InChI=1S/C18H25N3O5S/c1-18(2,3)26-17(23)19-9-10-20-14(11-19)12-21(16(20)22)13-5-7-15(8-6-13)27(4,24)25/h5-8,14H,9-12H2,1-4H3. The van der Waals surface area contributed by atoms with Crippen LogP contribution in [0.5, 0.6) is 0 Å². The molecule has 1 aromatic carbocycles. The Hall–Kier alpha value is -2.29. The van der Waals surface area contributed by atoms with Gasteiger partial charge in [-0.2, -0.15) is 0 Å². The number of benzene rings is 1. The Labute approximate surface area is 159 Å². The minimum absolute atomic E-state index is 0.117. The van der Waals surface area contributed by atoms with E-state index in [1.807, 2.05) is 20.8 Å². The fourth-order valence-corrected chi connectivity index (χ4v) is 3.92. The van der Waals surface area contributed by atoms with Crippen molar-refractivity contribution in [2.24, 2.45) is 0 Å². The molecule has 0 saturated carbocycles. The van der Waals surface area contributed by atoms with E-state index in [9.17, 15) is 18.0 Å². The van der Waals surface area contributed by atoms with Crippen LogP contribution in [0.15, 0.2) is 29.2 Å². The molecular weight excluding hydrogens is 370 g/mol. The molecule has 0 aliphatic carbocycles. The zero-order chi connectivity index (χ0) is 20.0. The first-order valence-electron chi connectivity index (χ1n) is 8.82. The topological polar surface area (TPSA) is 87.2 Å². The first kappa shape index (κ1) is 19.5. The monoisotopic (exact) mass is 395 g/mol. The summed E-state index contributed by atoms with van der Waals surface area (Å²) < 4.78 is 28.6. The Morgan fingerprint density at radius 1 is 1.11 bits per heavy atom. The molecule has 2 saturated heterocycles. The molecule has 0 N–H and O–H groups in total. The molecule has 1 unspecified atom stereocenters. The third kappa shape index (κ3) is 4.18. The second-order valence-corrected chi connectivity index (χ2v) is 9.95. The Bertz CT molecular complexity index is 845. The molecule has 0 bridgehead atoms. The lowest BCUT2D eigenvalue weighted by Gasteiger charge is -2.36. The molecule has 0 spiro atoms. The van der Waals surface area contributed by atoms with Crippen LogP contribution in [0.1, 0.15) is 20.8 Å². The van der Waals surface area contributed by atoms with E-state index in [1.54, 1.807) is 26.8 Å². The number of carbonyl (C=O) groups is 2. The van der Waals surface area contributed by atoms with E-state index >= 15 is 0 Å². The highest BCUT2D eigenvalue weighted by Gasteiger charge is 2.42. The SMILES string of the molecule is CC(C)(C)OC(=O)N1CCN2C(=O)N(c3ccc(S(C)(=O)=O)cc3)CC2C1. The highest BCUT2D eigenvalue weighted by molar-refractivity contribution is 7.90. The third-order valence-electron chi connectivity index (χ3n) is 4.58. The van der Waals surface area contributed by atoms with Gasteiger partial charge < -0.3 is 14.5 Å². The minimum atomic E-state index is -3.28. The summed E-state index contributed by atoms with van der Waals surface area (Å²) >= 11 is 0.